The highest BCUT2D eigenvalue weighted by Crippen LogP contribution is 2.27. The van der Waals surface area contributed by atoms with Crippen molar-refractivity contribution in [2.75, 3.05) is 10.6 Å². The van der Waals surface area contributed by atoms with Crippen LogP contribution >= 0.6 is 0 Å². The van der Waals surface area contributed by atoms with E-state index < -0.39 is 35.1 Å². The Bertz CT molecular complexity index is 1180. The molecule has 0 unspecified atom stereocenters. The van der Waals surface area contributed by atoms with Crippen LogP contribution < -0.4 is 16.4 Å². The van der Waals surface area contributed by atoms with Crippen molar-refractivity contribution in [1.82, 2.24) is 9.78 Å². The third-order valence-electron chi connectivity index (χ3n) is 4.51. The van der Waals surface area contributed by atoms with Crippen LogP contribution in [0.5, 0.6) is 0 Å². The fourth-order valence-electron chi connectivity index (χ4n) is 2.92. The second kappa shape index (κ2) is 8.74. The van der Waals surface area contributed by atoms with Crippen LogP contribution in [0.1, 0.15) is 32.0 Å². The van der Waals surface area contributed by atoms with Crippen molar-refractivity contribution >= 4 is 23.4 Å². The molecule has 1 aromatic heterocycles. The molecule has 32 heavy (non-hydrogen) atoms. The van der Waals surface area contributed by atoms with Gasteiger partial charge >= 0.3 is 6.03 Å². The number of carbonyl (C=O) groups is 2. The van der Waals surface area contributed by atoms with Gasteiger partial charge in [0.15, 0.2) is 11.6 Å². The van der Waals surface area contributed by atoms with Gasteiger partial charge in [-0.05, 0) is 17.7 Å². The summed E-state index contributed by atoms with van der Waals surface area (Å²) >= 11 is 0. The van der Waals surface area contributed by atoms with Gasteiger partial charge in [-0.1, -0.05) is 32.9 Å². The Morgan fingerprint density at radius 2 is 1.69 bits per heavy atom. The molecule has 2 aromatic carbocycles. The van der Waals surface area contributed by atoms with E-state index in [4.69, 9.17) is 5.73 Å². The highest BCUT2D eigenvalue weighted by Gasteiger charge is 2.22. The fraction of sp³-hybridized carbons (Fsp3) is 0.227. The van der Waals surface area contributed by atoms with E-state index in [1.54, 1.807) is 30.3 Å². The SMILES string of the molecule is CC(C)(C)c1cc(NC(=O)Nc2cc(F)c(F)cc2F)n(-c2cccc(CC(N)=O)c2)n1. The van der Waals surface area contributed by atoms with Crippen molar-refractivity contribution in [3.05, 3.63) is 71.2 Å². The van der Waals surface area contributed by atoms with Gasteiger partial charge in [-0.25, -0.2) is 22.6 Å². The first kappa shape index (κ1) is 22.9. The molecule has 3 amide bonds. The molecule has 0 saturated carbocycles. The number of amides is 3. The van der Waals surface area contributed by atoms with Crippen molar-refractivity contribution < 1.29 is 22.8 Å². The molecular formula is C22H22F3N5O2. The number of nitrogens with two attached hydrogens (primary N) is 1. The molecule has 3 aromatic rings. The Hall–Kier alpha value is -3.82. The minimum absolute atomic E-state index is 0.0277. The van der Waals surface area contributed by atoms with Crippen LogP contribution in [-0.2, 0) is 16.6 Å². The number of hydrogen-bond donors (Lipinski definition) is 3. The molecule has 168 valence electrons. The minimum Gasteiger partial charge on any atom is -0.369 e. The highest BCUT2D eigenvalue weighted by molar-refractivity contribution is 5.99. The second-order valence-electron chi connectivity index (χ2n) is 8.21. The number of carbonyl (C=O) groups excluding carboxylic acids is 2. The number of nitrogens with one attached hydrogen (secondary N) is 2. The van der Waals surface area contributed by atoms with Gasteiger partial charge in [0.05, 0.1) is 23.5 Å². The zero-order valence-electron chi connectivity index (χ0n) is 17.7. The van der Waals surface area contributed by atoms with Gasteiger partial charge in [0.2, 0.25) is 5.91 Å². The zero-order chi connectivity index (χ0) is 23.6. The maximum Gasteiger partial charge on any atom is 0.324 e. The lowest BCUT2D eigenvalue weighted by molar-refractivity contribution is -0.117. The molecule has 0 saturated heterocycles. The summed E-state index contributed by atoms with van der Waals surface area (Å²) in [6, 6.07) is 8.52. The lowest BCUT2D eigenvalue weighted by Crippen LogP contribution is -2.22. The van der Waals surface area contributed by atoms with Crippen molar-refractivity contribution in [2.24, 2.45) is 5.73 Å². The van der Waals surface area contributed by atoms with Crippen molar-refractivity contribution in [3.63, 3.8) is 0 Å². The van der Waals surface area contributed by atoms with Gasteiger partial charge in [-0.15, -0.1) is 0 Å². The number of benzene rings is 2. The molecule has 0 atom stereocenters. The highest BCUT2D eigenvalue weighted by atomic mass is 19.2. The number of primary amides is 1. The van der Waals surface area contributed by atoms with Crippen LogP contribution in [0.3, 0.4) is 0 Å². The van der Waals surface area contributed by atoms with Crippen LogP contribution in [0.2, 0.25) is 0 Å². The molecule has 1 heterocycles. The molecule has 0 fully saturated rings. The van der Waals surface area contributed by atoms with E-state index in [0.29, 0.717) is 29.1 Å². The van der Waals surface area contributed by atoms with Crippen LogP contribution in [0.15, 0.2) is 42.5 Å². The lowest BCUT2D eigenvalue weighted by Gasteiger charge is -2.14. The molecule has 7 nitrogen and oxygen atoms in total. The van der Waals surface area contributed by atoms with Crippen LogP contribution in [0.25, 0.3) is 5.69 Å². The van der Waals surface area contributed by atoms with Gasteiger partial charge < -0.3 is 11.1 Å². The van der Waals surface area contributed by atoms with Crippen molar-refractivity contribution in [1.29, 1.82) is 0 Å². The van der Waals surface area contributed by atoms with E-state index in [2.05, 4.69) is 15.7 Å². The lowest BCUT2D eigenvalue weighted by atomic mass is 9.92. The third kappa shape index (κ3) is 5.26. The largest absolute Gasteiger partial charge is 0.369 e. The Balaban J connectivity index is 1.94. The first-order valence-electron chi connectivity index (χ1n) is 9.65. The summed E-state index contributed by atoms with van der Waals surface area (Å²) in [5.41, 5.74) is 6.23. The van der Waals surface area contributed by atoms with Crippen LogP contribution in [0, 0.1) is 17.5 Å². The summed E-state index contributed by atoms with van der Waals surface area (Å²) in [6.45, 7) is 5.80. The topological polar surface area (TPSA) is 102 Å². The number of hydrogen-bond acceptors (Lipinski definition) is 3. The van der Waals surface area contributed by atoms with E-state index in [-0.39, 0.29) is 17.7 Å². The summed E-state index contributed by atoms with van der Waals surface area (Å²) < 4.78 is 41.9. The van der Waals surface area contributed by atoms with Crippen molar-refractivity contribution in [2.45, 2.75) is 32.6 Å². The number of nitrogens with zero attached hydrogens (tertiary/aromatic N) is 2. The van der Waals surface area contributed by atoms with Gasteiger partial charge in [0, 0.05) is 23.6 Å². The molecular weight excluding hydrogens is 423 g/mol. The molecule has 0 aliphatic carbocycles. The molecule has 0 bridgehead atoms. The van der Waals surface area contributed by atoms with E-state index in [9.17, 15) is 22.8 Å². The first-order chi connectivity index (χ1) is 14.9. The summed E-state index contributed by atoms with van der Waals surface area (Å²) in [6.07, 6.45) is 0.0277. The fourth-order valence-corrected chi connectivity index (χ4v) is 2.92. The van der Waals surface area contributed by atoms with Gasteiger partial charge in [-0.2, -0.15) is 5.10 Å². The number of aromatic nitrogens is 2. The monoisotopic (exact) mass is 445 g/mol. The standard InChI is InChI=1S/C22H22F3N5O2/c1-22(2,3)18-11-20(28-21(32)27-17-10-15(24)14(23)9-16(17)25)30(29-18)13-6-4-5-12(7-13)8-19(26)31/h4-7,9-11H,8H2,1-3H3,(H2,26,31)(H2,27,28,32). The molecule has 0 aliphatic heterocycles. The third-order valence-corrected chi connectivity index (χ3v) is 4.51. The number of rotatable bonds is 5. The second-order valence-corrected chi connectivity index (χ2v) is 8.21. The summed E-state index contributed by atoms with van der Waals surface area (Å²) in [5.74, 6) is -4.04. The quantitative estimate of drug-likeness (QED) is 0.512. The summed E-state index contributed by atoms with van der Waals surface area (Å²) in [7, 11) is 0. The maximum absolute atomic E-state index is 13.9. The van der Waals surface area contributed by atoms with E-state index in [0.717, 1.165) is 0 Å². The normalized spacial score (nSPS) is 11.3. The Morgan fingerprint density at radius 1 is 1.00 bits per heavy atom. The summed E-state index contributed by atoms with van der Waals surface area (Å²) in [4.78, 5) is 23.7. The Morgan fingerprint density at radius 3 is 2.34 bits per heavy atom. The van der Waals surface area contributed by atoms with Crippen LogP contribution in [0.4, 0.5) is 29.5 Å². The average molecular weight is 445 g/mol. The Labute approximate surface area is 182 Å². The molecule has 3 rings (SSSR count). The molecule has 10 heteroatoms. The van der Waals surface area contributed by atoms with Gasteiger partial charge in [0.25, 0.3) is 0 Å². The van der Waals surface area contributed by atoms with E-state index >= 15 is 0 Å². The van der Waals surface area contributed by atoms with Gasteiger partial charge in [0.1, 0.15) is 11.6 Å². The van der Waals surface area contributed by atoms with E-state index in [1.807, 2.05) is 20.8 Å². The van der Waals surface area contributed by atoms with Crippen LogP contribution in [-0.4, -0.2) is 21.7 Å². The first-order valence-corrected chi connectivity index (χ1v) is 9.65. The summed E-state index contributed by atoms with van der Waals surface area (Å²) in [5, 5.41) is 9.25. The van der Waals surface area contributed by atoms with E-state index in [1.165, 1.54) is 4.68 Å². The predicted molar refractivity (Wildman–Crippen MR) is 114 cm³/mol. The smallest absolute Gasteiger partial charge is 0.324 e. The number of urea groups is 1. The maximum atomic E-state index is 13.9. The zero-order valence-corrected chi connectivity index (χ0v) is 17.7. The van der Waals surface area contributed by atoms with Crippen molar-refractivity contribution in [3.8, 4) is 5.69 Å². The number of anilines is 2. The van der Waals surface area contributed by atoms with Gasteiger partial charge in [-0.3, -0.25) is 10.1 Å². The predicted octanol–water partition coefficient (Wildman–Crippen LogP) is 4.26. The molecule has 4 N–H and O–H groups in total. The average Bonchev–Trinajstić information content (AvgIpc) is 3.10. The molecule has 0 aliphatic rings. The molecule has 0 radical (unpaired) electrons. The minimum atomic E-state index is -1.36. The Kier molecular flexibility index (Phi) is 6.24. The molecule has 0 spiro atoms. The number of halogens is 3.